The second-order valence-electron chi connectivity index (χ2n) is 5.30. The quantitative estimate of drug-likeness (QED) is 0.711. The predicted molar refractivity (Wildman–Crippen MR) is 77.5 cm³/mol. The number of benzene rings is 1. The van der Waals surface area contributed by atoms with Crippen LogP contribution in [0.4, 0.5) is 0 Å². The number of phenolic OH excluding ortho intramolecular Hbond substituents is 1. The minimum absolute atomic E-state index is 0.0165. The lowest BCUT2D eigenvalue weighted by Crippen LogP contribution is -2.52. The number of hydrogen-bond donors (Lipinski definition) is 3. The zero-order valence-electron chi connectivity index (χ0n) is 12.4. The summed E-state index contributed by atoms with van der Waals surface area (Å²) in [4.78, 5) is 34.9. The van der Waals surface area contributed by atoms with Gasteiger partial charge < -0.3 is 15.2 Å². The number of imide groups is 1. The summed E-state index contributed by atoms with van der Waals surface area (Å²) in [5.41, 5.74) is 0.0165. The van der Waals surface area contributed by atoms with E-state index in [0.29, 0.717) is 0 Å². The lowest BCUT2D eigenvalue weighted by molar-refractivity contribution is -0.134. The fourth-order valence-electron chi connectivity index (χ4n) is 2.12. The number of amides is 3. The van der Waals surface area contributed by atoms with Gasteiger partial charge in [0.05, 0.1) is 11.7 Å². The molecule has 1 unspecified atom stereocenters. The number of carbonyl (C=O) groups is 3. The summed E-state index contributed by atoms with van der Waals surface area (Å²) in [6.07, 6.45) is 0.248. The number of piperidine rings is 1. The highest BCUT2D eigenvalue weighted by atomic mass is 16.5. The fourth-order valence-corrected chi connectivity index (χ4v) is 2.12. The van der Waals surface area contributed by atoms with Gasteiger partial charge in [0, 0.05) is 6.42 Å². The molecule has 2 rings (SSSR count). The van der Waals surface area contributed by atoms with Crippen LogP contribution in [0.2, 0.25) is 0 Å². The van der Waals surface area contributed by atoms with Gasteiger partial charge in [-0.1, -0.05) is 6.07 Å². The van der Waals surface area contributed by atoms with Crippen molar-refractivity contribution in [3.63, 3.8) is 0 Å². The molecule has 1 aromatic rings. The number of para-hydroxylation sites is 1. The Bertz CT molecular complexity index is 612. The monoisotopic (exact) mass is 306 g/mol. The summed E-state index contributed by atoms with van der Waals surface area (Å²) < 4.78 is 5.41. The first-order valence-electron chi connectivity index (χ1n) is 7.01. The zero-order valence-corrected chi connectivity index (χ0v) is 12.4. The molecule has 1 saturated heterocycles. The number of rotatable bonds is 4. The zero-order chi connectivity index (χ0) is 16.3. The molecule has 1 fully saturated rings. The SMILES string of the molecule is CC(C)Oc1cccc(C(=O)NC2CCC(=O)NC2=O)c1O. The van der Waals surface area contributed by atoms with Gasteiger partial charge in [-0.25, -0.2) is 0 Å². The van der Waals surface area contributed by atoms with Gasteiger partial charge in [0.1, 0.15) is 6.04 Å². The van der Waals surface area contributed by atoms with E-state index in [1.165, 1.54) is 6.07 Å². The highest BCUT2D eigenvalue weighted by Crippen LogP contribution is 2.30. The molecule has 0 radical (unpaired) electrons. The summed E-state index contributed by atoms with van der Waals surface area (Å²) >= 11 is 0. The van der Waals surface area contributed by atoms with Gasteiger partial charge in [0.2, 0.25) is 11.8 Å². The molecular formula is C15H18N2O5. The van der Waals surface area contributed by atoms with Crippen molar-refractivity contribution in [2.75, 3.05) is 0 Å². The maximum atomic E-state index is 12.2. The Morgan fingerprint density at radius 2 is 2.14 bits per heavy atom. The second-order valence-corrected chi connectivity index (χ2v) is 5.30. The van der Waals surface area contributed by atoms with Crippen LogP contribution in [0, 0.1) is 0 Å². The smallest absolute Gasteiger partial charge is 0.255 e. The average molecular weight is 306 g/mol. The van der Waals surface area contributed by atoms with Gasteiger partial charge in [0.25, 0.3) is 5.91 Å². The molecule has 1 heterocycles. The molecule has 7 nitrogen and oxygen atoms in total. The van der Waals surface area contributed by atoms with Crippen molar-refractivity contribution in [1.82, 2.24) is 10.6 Å². The Balaban J connectivity index is 2.13. The van der Waals surface area contributed by atoms with E-state index in [-0.39, 0.29) is 41.9 Å². The van der Waals surface area contributed by atoms with Gasteiger partial charge in [-0.3, -0.25) is 19.7 Å². The van der Waals surface area contributed by atoms with Crippen molar-refractivity contribution in [2.45, 2.75) is 38.8 Å². The Labute approximate surface area is 127 Å². The fraction of sp³-hybridized carbons (Fsp3) is 0.400. The van der Waals surface area contributed by atoms with Crippen molar-refractivity contribution in [2.24, 2.45) is 0 Å². The van der Waals surface area contributed by atoms with Crippen molar-refractivity contribution < 1.29 is 24.2 Å². The average Bonchev–Trinajstić information content (AvgIpc) is 2.43. The molecule has 118 valence electrons. The molecule has 22 heavy (non-hydrogen) atoms. The van der Waals surface area contributed by atoms with Crippen LogP contribution in [0.3, 0.4) is 0 Å². The Morgan fingerprint density at radius 3 is 2.77 bits per heavy atom. The summed E-state index contributed by atoms with van der Waals surface area (Å²) in [6.45, 7) is 3.60. The minimum atomic E-state index is -0.792. The molecule has 0 aliphatic carbocycles. The third-order valence-corrected chi connectivity index (χ3v) is 3.15. The van der Waals surface area contributed by atoms with Crippen LogP contribution >= 0.6 is 0 Å². The molecular weight excluding hydrogens is 288 g/mol. The van der Waals surface area contributed by atoms with E-state index in [1.54, 1.807) is 26.0 Å². The first-order chi connectivity index (χ1) is 10.4. The Hall–Kier alpha value is -2.57. The number of nitrogens with one attached hydrogen (secondary N) is 2. The van der Waals surface area contributed by atoms with Gasteiger partial charge in [-0.05, 0) is 32.4 Å². The van der Waals surface area contributed by atoms with E-state index in [1.807, 2.05) is 0 Å². The van der Waals surface area contributed by atoms with Gasteiger partial charge >= 0.3 is 0 Å². The Kier molecular flexibility index (Phi) is 4.65. The number of aromatic hydroxyl groups is 1. The van der Waals surface area contributed by atoms with Crippen molar-refractivity contribution in [1.29, 1.82) is 0 Å². The first-order valence-corrected chi connectivity index (χ1v) is 7.01. The van der Waals surface area contributed by atoms with Crippen LogP contribution < -0.4 is 15.4 Å². The largest absolute Gasteiger partial charge is 0.504 e. The maximum absolute atomic E-state index is 12.2. The topological polar surface area (TPSA) is 105 Å². The summed E-state index contributed by atoms with van der Waals surface area (Å²) in [5.74, 6) is -1.57. The summed E-state index contributed by atoms with van der Waals surface area (Å²) in [6, 6.07) is 3.78. The van der Waals surface area contributed by atoms with E-state index in [0.717, 1.165) is 0 Å². The van der Waals surface area contributed by atoms with E-state index in [4.69, 9.17) is 4.74 Å². The van der Waals surface area contributed by atoms with Crippen LogP contribution in [0.25, 0.3) is 0 Å². The molecule has 0 bridgehead atoms. The molecule has 3 amide bonds. The standard InChI is InChI=1S/C15H18N2O5/c1-8(2)22-11-5-3-4-9(13(11)19)14(20)16-10-6-7-12(18)17-15(10)21/h3-5,8,10,19H,6-7H2,1-2H3,(H,16,20)(H,17,18,21). The molecule has 1 aromatic carbocycles. The normalized spacial score (nSPS) is 18.0. The van der Waals surface area contributed by atoms with Crippen molar-refractivity contribution >= 4 is 17.7 Å². The van der Waals surface area contributed by atoms with E-state index >= 15 is 0 Å². The van der Waals surface area contributed by atoms with E-state index in [9.17, 15) is 19.5 Å². The van der Waals surface area contributed by atoms with Crippen LogP contribution in [-0.4, -0.2) is 35.0 Å². The lowest BCUT2D eigenvalue weighted by atomic mass is 10.1. The molecule has 0 saturated carbocycles. The van der Waals surface area contributed by atoms with Gasteiger partial charge in [0.15, 0.2) is 11.5 Å². The van der Waals surface area contributed by atoms with Crippen LogP contribution in [0.1, 0.15) is 37.0 Å². The van der Waals surface area contributed by atoms with Crippen LogP contribution in [0.5, 0.6) is 11.5 Å². The highest BCUT2D eigenvalue weighted by molar-refractivity contribution is 6.04. The van der Waals surface area contributed by atoms with Crippen LogP contribution in [0.15, 0.2) is 18.2 Å². The molecule has 1 aliphatic heterocycles. The Morgan fingerprint density at radius 1 is 1.41 bits per heavy atom. The van der Waals surface area contributed by atoms with Crippen molar-refractivity contribution in [3.05, 3.63) is 23.8 Å². The number of phenols is 1. The van der Waals surface area contributed by atoms with Crippen molar-refractivity contribution in [3.8, 4) is 11.5 Å². The molecule has 0 spiro atoms. The van der Waals surface area contributed by atoms with Gasteiger partial charge in [-0.2, -0.15) is 0 Å². The third-order valence-electron chi connectivity index (χ3n) is 3.15. The van der Waals surface area contributed by atoms with E-state index < -0.39 is 17.9 Å². The first kappa shape index (κ1) is 15.8. The molecule has 7 heteroatoms. The van der Waals surface area contributed by atoms with Gasteiger partial charge in [-0.15, -0.1) is 0 Å². The van der Waals surface area contributed by atoms with Crippen LogP contribution in [-0.2, 0) is 9.59 Å². The highest BCUT2D eigenvalue weighted by Gasteiger charge is 2.29. The minimum Gasteiger partial charge on any atom is -0.504 e. The predicted octanol–water partition coefficient (Wildman–Crippen LogP) is 0.714. The molecule has 1 atom stereocenters. The number of hydrogen-bond acceptors (Lipinski definition) is 5. The van der Waals surface area contributed by atoms with E-state index in [2.05, 4.69) is 10.6 Å². The molecule has 0 aromatic heterocycles. The molecule has 3 N–H and O–H groups in total. The second kappa shape index (κ2) is 6.46. The summed E-state index contributed by atoms with van der Waals surface area (Å²) in [7, 11) is 0. The molecule has 1 aliphatic rings. The maximum Gasteiger partial charge on any atom is 0.255 e. The lowest BCUT2D eigenvalue weighted by Gasteiger charge is -2.22. The number of ether oxygens (including phenoxy) is 1. The number of carbonyl (C=O) groups excluding carboxylic acids is 3. The summed E-state index contributed by atoms with van der Waals surface area (Å²) in [5, 5.41) is 14.8. The third kappa shape index (κ3) is 3.55.